The van der Waals surface area contributed by atoms with Crippen LogP contribution in [-0.2, 0) is 14.4 Å². The smallest absolute Gasteiger partial charge is 0.234 e. The Morgan fingerprint density at radius 3 is 2.00 bits per heavy atom. The summed E-state index contributed by atoms with van der Waals surface area (Å²) in [7, 11) is 0. The predicted molar refractivity (Wildman–Crippen MR) is 84.1 cm³/mol. The van der Waals surface area contributed by atoms with Crippen molar-refractivity contribution < 1.29 is 19.5 Å². The van der Waals surface area contributed by atoms with E-state index in [9.17, 15) is 19.5 Å². The summed E-state index contributed by atoms with van der Waals surface area (Å²) >= 11 is 7.23. The van der Waals surface area contributed by atoms with Gasteiger partial charge in [-0.25, -0.2) is 0 Å². The third-order valence-electron chi connectivity index (χ3n) is 5.30. The Bertz CT molecular complexity index is 506. The molecule has 3 fully saturated rings. The fourth-order valence-corrected chi connectivity index (χ4v) is 6.31. The van der Waals surface area contributed by atoms with Crippen LogP contribution in [0, 0.1) is 29.6 Å². The first-order valence-corrected chi connectivity index (χ1v) is 9.44. The summed E-state index contributed by atoms with van der Waals surface area (Å²) in [5.41, 5.74) is 0. The molecule has 0 N–H and O–H groups in total. The maximum absolute atomic E-state index is 12.7. The number of carboxylic acids is 1. The lowest BCUT2D eigenvalue weighted by Crippen LogP contribution is -2.52. The number of rotatable bonds is 4. The quantitative estimate of drug-likeness (QED) is 0.486. The Morgan fingerprint density at radius 1 is 1.18 bits per heavy atom. The van der Waals surface area contributed by atoms with Crippen molar-refractivity contribution in [1.82, 2.24) is 4.90 Å². The number of carboxylic acid groups (broad SMARTS) is 1. The fraction of sp³-hybridized carbons (Fsp3) is 0.800. The highest BCUT2D eigenvalue weighted by Crippen LogP contribution is 2.60. The largest absolute Gasteiger partial charge is 0.548 e. The van der Waals surface area contributed by atoms with E-state index in [0.717, 1.165) is 11.3 Å². The van der Waals surface area contributed by atoms with E-state index in [1.807, 2.05) is 13.8 Å². The zero-order chi connectivity index (χ0) is 16.3. The van der Waals surface area contributed by atoms with E-state index in [4.69, 9.17) is 0 Å². The van der Waals surface area contributed by atoms with Gasteiger partial charge in [-0.3, -0.25) is 14.5 Å². The minimum absolute atomic E-state index is 0.0634. The van der Waals surface area contributed by atoms with Gasteiger partial charge in [0.1, 0.15) is 0 Å². The molecule has 2 amide bonds. The van der Waals surface area contributed by atoms with Crippen LogP contribution in [-0.4, -0.2) is 38.4 Å². The monoisotopic (exact) mass is 434 g/mol. The van der Waals surface area contributed by atoms with Crippen LogP contribution in [0.4, 0.5) is 0 Å². The van der Waals surface area contributed by atoms with Crippen LogP contribution < -0.4 is 5.11 Å². The van der Waals surface area contributed by atoms with E-state index in [2.05, 4.69) is 31.9 Å². The van der Waals surface area contributed by atoms with Gasteiger partial charge in [0.15, 0.2) is 0 Å². The fourth-order valence-electron chi connectivity index (χ4n) is 4.43. The average Bonchev–Trinajstić information content (AvgIpc) is 3.02. The van der Waals surface area contributed by atoms with E-state index in [1.165, 1.54) is 0 Å². The van der Waals surface area contributed by atoms with Crippen molar-refractivity contribution in [2.45, 2.75) is 42.4 Å². The zero-order valence-electron chi connectivity index (χ0n) is 12.4. The number of halogens is 2. The molecule has 0 aromatic heterocycles. The summed E-state index contributed by atoms with van der Waals surface area (Å²) in [6.45, 7) is 3.74. The number of fused-ring (bicyclic) bond motifs is 5. The molecule has 3 aliphatic rings. The number of hydrogen-bond acceptors (Lipinski definition) is 4. The second-order valence-corrected chi connectivity index (χ2v) is 9.13. The van der Waals surface area contributed by atoms with Crippen LogP contribution in [0.5, 0.6) is 0 Å². The molecular weight excluding hydrogens is 418 g/mol. The molecule has 122 valence electrons. The Hall–Kier alpha value is -0.430. The van der Waals surface area contributed by atoms with Gasteiger partial charge in [-0.15, -0.1) is 0 Å². The highest BCUT2D eigenvalue weighted by molar-refractivity contribution is 9.12. The van der Waals surface area contributed by atoms with Gasteiger partial charge in [0.25, 0.3) is 0 Å². The van der Waals surface area contributed by atoms with Gasteiger partial charge < -0.3 is 9.90 Å². The van der Waals surface area contributed by atoms with Gasteiger partial charge >= 0.3 is 0 Å². The summed E-state index contributed by atoms with van der Waals surface area (Å²) in [6.07, 6.45) is 1.08. The molecule has 0 aromatic rings. The number of imide groups is 1. The summed E-state index contributed by atoms with van der Waals surface area (Å²) < 4.78 is 0. The van der Waals surface area contributed by atoms with Gasteiger partial charge in [0, 0.05) is 9.65 Å². The van der Waals surface area contributed by atoms with Crippen LogP contribution in [0.25, 0.3) is 0 Å². The lowest BCUT2D eigenvalue weighted by Gasteiger charge is -2.29. The van der Waals surface area contributed by atoms with E-state index in [1.54, 1.807) is 0 Å². The molecule has 0 aromatic carbocycles. The number of alkyl halides is 2. The normalized spacial score (nSPS) is 41.4. The Kier molecular flexibility index (Phi) is 4.17. The highest BCUT2D eigenvalue weighted by Gasteiger charge is 2.67. The predicted octanol–water partition coefficient (Wildman–Crippen LogP) is 0.929. The van der Waals surface area contributed by atoms with E-state index >= 15 is 0 Å². The molecule has 3 rings (SSSR count). The molecule has 1 heterocycles. The maximum atomic E-state index is 12.7. The van der Waals surface area contributed by atoms with Crippen molar-refractivity contribution in [3.8, 4) is 0 Å². The van der Waals surface area contributed by atoms with E-state index < -0.39 is 12.0 Å². The van der Waals surface area contributed by atoms with Gasteiger partial charge in [-0.05, 0) is 30.6 Å². The van der Waals surface area contributed by atoms with Crippen molar-refractivity contribution in [1.29, 1.82) is 0 Å². The SMILES string of the molecule is CC(C)C[C@H](C(=O)[O-])N1C(=O)[C@@H]2[C@@H]3C[C@@H]([C@H](Br)[C@@H]3Br)[C@@H]2C1=O. The second-order valence-electron chi connectivity index (χ2n) is 7.01. The van der Waals surface area contributed by atoms with Crippen molar-refractivity contribution in [2.24, 2.45) is 29.6 Å². The standard InChI is InChI=1S/C15H19Br2NO4/c1-5(2)3-8(15(21)22)18-13(19)9-6-4-7(10(9)14(18)20)12(17)11(6)16/h5-12H,3-4H2,1-2H3,(H,21,22)/p-1/t6-,7+,8-,9+,10-,11+,12-/m1/s1. The van der Waals surface area contributed by atoms with Gasteiger partial charge in [-0.2, -0.15) is 0 Å². The molecule has 0 spiro atoms. The number of hydrogen-bond donors (Lipinski definition) is 0. The van der Waals surface area contributed by atoms with Crippen LogP contribution in [0.1, 0.15) is 26.7 Å². The number of carbonyl (C=O) groups is 3. The van der Waals surface area contributed by atoms with E-state index in [0.29, 0.717) is 0 Å². The minimum atomic E-state index is -1.34. The minimum Gasteiger partial charge on any atom is -0.548 e. The van der Waals surface area contributed by atoms with Crippen molar-refractivity contribution in [2.75, 3.05) is 0 Å². The third-order valence-corrected chi connectivity index (χ3v) is 8.51. The summed E-state index contributed by atoms with van der Waals surface area (Å²) in [4.78, 5) is 38.3. The van der Waals surface area contributed by atoms with Crippen molar-refractivity contribution >= 4 is 49.6 Å². The molecule has 0 unspecified atom stereocenters. The van der Waals surface area contributed by atoms with Crippen molar-refractivity contribution in [3.05, 3.63) is 0 Å². The van der Waals surface area contributed by atoms with Gasteiger partial charge in [-0.1, -0.05) is 45.7 Å². The Labute approximate surface area is 146 Å². The Morgan fingerprint density at radius 2 is 1.64 bits per heavy atom. The van der Waals surface area contributed by atoms with Crippen LogP contribution in [0.15, 0.2) is 0 Å². The van der Waals surface area contributed by atoms with Crippen molar-refractivity contribution in [3.63, 3.8) is 0 Å². The first-order valence-electron chi connectivity index (χ1n) is 7.61. The molecule has 1 aliphatic heterocycles. The molecule has 7 heteroatoms. The topological polar surface area (TPSA) is 77.5 Å². The van der Waals surface area contributed by atoms with Gasteiger partial charge in [0.05, 0.1) is 23.8 Å². The molecule has 1 saturated heterocycles. The molecule has 22 heavy (non-hydrogen) atoms. The molecular formula is C15H18Br2NO4-. The van der Waals surface area contributed by atoms with Crippen LogP contribution >= 0.6 is 31.9 Å². The Balaban J connectivity index is 1.92. The first kappa shape index (κ1) is 16.4. The lowest BCUT2D eigenvalue weighted by atomic mass is 9.81. The number of carbonyl (C=O) groups excluding carboxylic acids is 3. The molecule has 2 saturated carbocycles. The molecule has 2 aliphatic carbocycles. The number of aliphatic carboxylic acids is 1. The zero-order valence-corrected chi connectivity index (χ0v) is 15.5. The summed E-state index contributed by atoms with van der Waals surface area (Å²) in [5.74, 6) is -2.46. The van der Waals surface area contributed by atoms with Crippen LogP contribution in [0.3, 0.4) is 0 Å². The van der Waals surface area contributed by atoms with Crippen LogP contribution in [0.2, 0.25) is 0 Å². The number of likely N-dealkylation sites (tertiary alicyclic amines) is 1. The maximum Gasteiger partial charge on any atom is 0.234 e. The number of amides is 2. The highest BCUT2D eigenvalue weighted by atomic mass is 79.9. The second kappa shape index (κ2) is 5.58. The first-order chi connectivity index (χ1) is 10.3. The molecule has 0 radical (unpaired) electrons. The summed E-state index contributed by atoms with van der Waals surface area (Å²) in [5, 5.41) is 11.5. The summed E-state index contributed by atoms with van der Waals surface area (Å²) in [6, 6.07) is -1.15. The van der Waals surface area contributed by atoms with Gasteiger partial charge in [0.2, 0.25) is 11.8 Å². The molecule has 5 nitrogen and oxygen atoms in total. The third kappa shape index (κ3) is 2.19. The molecule has 7 atom stereocenters. The lowest BCUT2D eigenvalue weighted by molar-refractivity contribution is -0.311. The molecule has 2 bridgehead atoms. The average molecular weight is 436 g/mol. The number of nitrogens with zero attached hydrogens (tertiary/aromatic N) is 1. The van der Waals surface area contributed by atoms with E-state index in [-0.39, 0.29) is 57.5 Å².